The second kappa shape index (κ2) is 10.9. The number of nitrogens with one attached hydrogen (secondary N) is 1. The molecule has 1 N–H and O–H groups in total. The summed E-state index contributed by atoms with van der Waals surface area (Å²) in [6.45, 7) is 8.40. The highest BCUT2D eigenvalue weighted by Crippen LogP contribution is 2.25. The third kappa shape index (κ3) is 5.48. The van der Waals surface area contributed by atoms with Crippen molar-refractivity contribution in [3.63, 3.8) is 0 Å². The van der Waals surface area contributed by atoms with Crippen LogP contribution in [-0.2, 0) is 4.79 Å². The minimum atomic E-state index is 0.0422. The summed E-state index contributed by atoms with van der Waals surface area (Å²) >= 11 is 0. The van der Waals surface area contributed by atoms with Gasteiger partial charge in [0.1, 0.15) is 11.6 Å². The normalized spacial score (nSPS) is 15.8. The van der Waals surface area contributed by atoms with E-state index in [-0.39, 0.29) is 17.9 Å². The fourth-order valence-corrected chi connectivity index (χ4v) is 4.14. The lowest BCUT2D eigenvalue weighted by Gasteiger charge is -2.33. The summed E-state index contributed by atoms with van der Waals surface area (Å²) in [5.41, 5.74) is 1.16. The van der Waals surface area contributed by atoms with E-state index in [9.17, 15) is 4.79 Å². The van der Waals surface area contributed by atoms with Gasteiger partial charge in [0.2, 0.25) is 5.91 Å². The molecule has 2 aromatic rings. The first-order valence-corrected chi connectivity index (χ1v) is 10.8. The molecule has 162 valence electrons. The molecule has 7 nitrogen and oxygen atoms in total. The zero-order valence-corrected chi connectivity index (χ0v) is 18.3. The maximum atomic E-state index is 12.9. The lowest BCUT2D eigenvalue weighted by atomic mass is 9.95. The van der Waals surface area contributed by atoms with Gasteiger partial charge in [0.25, 0.3) is 0 Å². The van der Waals surface area contributed by atoms with E-state index in [1.807, 2.05) is 12.1 Å². The van der Waals surface area contributed by atoms with E-state index in [1.165, 1.54) is 0 Å². The van der Waals surface area contributed by atoms with Crippen LogP contribution in [0.2, 0.25) is 0 Å². The maximum Gasteiger partial charge on any atom is 0.223 e. The van der Waals surface area contributed by atoms with Crippen molar-refractivity contribution in [1.82, 2.24) is 20.2 Å². The maximum absolute atomic E-state index is 12.9. The van der Waals surface area contributed by atoms with E-state index < -0.39 is 0 Å². The molecule has 0 aliphatic carbocycles. The zero-order chi connectivity index (χ0) is 21.3. The molecule has 1 saturated heterocycles. The molecule has 2 heterocycles. The molecule has 0 bridgehead atoms. The predicted octanol–water partition coefficient (Wildman–Crippen LogP) is 2.90. The van der Waals surface area contributed by atoms with Crippen LogP contribution in [0, 0.1) is 5.92 Å². The van der Waals surface area contributed by atoms with Crippen molar-refractivity contribution in [1.29, 1.82) is 0 Å². The standard InChI is InChI=1S/C23H33N5O2/c1-4-27(5-2)21(19-7-6-8-20(15-19)30-3)16-26-23(29)18-9-13-28(14-10-18)22-17-24-11-12-25-22/h6-8,11-12,15,17-18,21H,4-5,9-10,13-14,16H2,1-3H3,(H,26,29). The average molecular weight is 412 g/mol. The van der Waals surface area contributed by atoms with E-state index >= 15 is 0 Å². The predicted molar refractivity (Wildman–Crippen MR) is 119 cm³/mol. The van der Waals surface area contributed by atoms with Crippen LogP contribution >= 0.6 is 0 Å². The Balaban J connectivity index is 1.59. The number of methoxy groups -OCH3 is 1. The molecule has 0 saturated carbocycles. The molecule has 30 heavy (non-hydrogen) atoms. The van der Waals surface area contributed by atoms with E-state index in [2.05, 4.69) is 51.1 Å². The van der Waals surface area contributed by atoms with Crippen LogP contribution < -0.4 is 15.0 Å². The molecule has 1 atom stereocenters. The molecule has 1 aliphatic rings. The van der Waals surface area contributed by atoms with Crippen molar-refractivity contribution in [2.45, 2.75) is 32.7 Å². The highest BCUT2D eigenvalue weighted by molar-refractivity contribution is 5.79. The Kier molecular flexibility index (Phi) is 8.02. The van der Waals surface area contributed by atoms with E-state index in [0.29, 0.717) is 6.54 Å². The third-order valence-corrected chi connectivity index (χ3v) is 5.94. The van der Waals surface area contributed by atoms with E-state index in [0.717, 1.165) is 56.2 Å². The van der Waals surface area contributed by atoms with Crippen LogP contribution in [0.3, 0.4) is 0 Å². The summed E-state index contributed by atoms with van der Waals surface area (Å²) in [6, 6.07) is 8.26. The lowest BCUT2D eigenvalue weighted by molar-refractivity contribution is -0.125. The Morgan fingerprint density at radius 2 is 2.03 bits per heavy atom. The second-order valence-corrected chi connectivity index (χ2v) is 7.58. The number of aromatic nitrogens is 2. The monoisotopic (exact) mass is 411 g/mol. The zero-order valence-electron chi connectivity index (χ0n) is 18.3. The van der Waals surface area contributed by atoms with Crippen molar-refractivity contribution >= 4 is 11.7 Å². The van der Waals surface area contributed by atoms with Gasteiger partial charge < -0.3 is 15.0 Å². The van der Waals surface area contributed by atoms with E-state index in [1.54, 1.807) is 25.7 Å². The summed E-state index contributed by atoms with van der Waals surface area (Å²) in [7, 11) is 1.68. The summed E-state index contributed by atoms with van der Waals surface area (Å²) in [5, 5.41) is 3.22. The van der Waals surface area contributed by atoms with Crippen LogP contribution in [-0.4, -0.2) is 60.6 Å². The summed E-state index contributed by atoms with van der Waals surface area (Å²) in [4.78, 5) is 26.0. The Hall–Kier alpha value is -2.67. The number of hydrogen-bond donors (Lipinski definition) is 1. The summed E-state index contributed by atoms with van der Waals surface area (Å²) in [6.07, 6.45) is 6.83. The Labute approximate surface area is 179 Å². The third-order valence-electron chi connectivity index (χ3n) is 5.94. The first kappa shape index (κ1) is 22.0. The molecule has 1 aromatic heterocycles. The molecular weight excluding hydrogens is 378 g/mol. The van der Waals surface area contributed by atoms with Crippen molar-refractivity contribution in [3.05, 3.63) is 48.4 Å². The number of carbonyl (C=O) groups is 1. The molecular formula is C23H33N5O2. The molecule has 7 heteroatoms. The van der Waals surface area contributed by atoms with Crippen LogP contribution in [0.4, 0.5) is 5.82 Å². The number of ether oxygens (including phenoxy) is 1. The molecule has 0 radical (unpaired) electrons. The first-order valence-electron chi connectivity index (χ1n) is 10.8. The fraction of sp³-hybridized carbons (Fsp3) is 0.522. The molecule has 1 unspecified atom stereocenters. The van der Waals surface area contributed by atoms with Gasteiger partial charge in [-0.25, -0.2) is 4.98 Å². The van der Waals surface area contributed by atoms with Crippen LogP contribution in [0.5, 0.6) is 5.75 Å². The second-order valence-electron chi connectivity index (χ2n) is 7.58. The quantitative estimate of drug-likeness (QED) is 0.684. The average Bonchev–Trinajstić information content (AvgIpc) is 2.82. The number of rotatable bonds is 9. The Morgan fingerprint density at radius 3 is 2.67 bits per heavy atom. The Morgan fingerprint density at radius 1 is 1.27 bits per heavy atom. The van der Waals surface area contributed by atoms with Crippen molar-refractivity contribution in [2.24, 2.45) is 5.92 Å². The van der Waals surface area contributed by atoms with Gasteiger partial charge >= 0.3 is 0 Å². The molecule has 1 aromatic carbocycles. The topological polar surface area (TPSA) is 70.6 Å². The minimum Gasteiger partial charge on any atom is -0.497 e. The highest BCUT2D eigenvalue weighted by atomic mass is 16.5. The van der Waals surface area contributed by atoms with Gasteiger partial charge in [-0.3, -0.25) is 14.7 Å². The number of anilines is 1. The number of amides is 1. The summed E-state index contributed by atoms with van der Waals surface area (Å²) in [5.74, 6) is 1.91. The molecule has 1 fully saturated rings. The van der Waals surface area contributed by atoms with Gasteiger partial charge in [-0.05, 0) is 43.6 Å². The smallest absolute Gasteiger partial charge is 0.223 e. The fourth-order valence-electron chi connectivity index (χ4n) is 4.14. The van der Waals surface area contributed by atoms with Gasteiger partial charge in [-0.15, -0.1) is 0 Å². The molecule has 1 amide bonds. The van der Waals surface area contributed by atoms with Crippen molar-refractivity contribution < 1.29 is 9.53 Å². The largest absolute Gasteiger partial charge is 0.497 e. The number of carbonyl (C=O) groups excluding carboxylic acids is 1. The van der Waals surface area contributed by atoms with Crippen LogP contribution in [0.1, 0.15) is 38.3 Å². The number of hydrogen-bond acceptors (Lipinski definition) is 6. The van der Waals surface area contributed by atoms with Crippen molar-refractivity contribution in [2.75, 3.05) is 44.7 Å². The van der Waals surface area contributed by atoms with Gasteiger partial charge in [-0.1, -0.05) is 26.0 Å². The first-order chi connectivity index (χ1) is 14.7. The van der Waals surface area contributed by atoms with Gasteiger partial charge in [0, 0.05) is 37.9 Å². The Bertz CT molecular complexity index is 789. The van der Waals surface area contributed by atoms with Crippen molar-refractivity contribution in [3.8, 4) is 5.75 Å². The lowest BCUT2D eigenvalue weighted by Crippen LogP contribution is -2.43. The van der Waals surface area contributed by atoms with Gasteiger partial charge in [0.15, 0.2) is 0 Å². The molecule has 1 aliphatic heterocycles. The van der Waals surface area contributed by atoms with Gasteiger partial charge in [-0.2, -0.15) is 0 Å². The van der Waals surface area contributed by atoms with Crippen LogP contribution in [0.25, 0.3) is 0 Å². The summed E-state index contributed by atoms with van der Waals surface area (Å²) < 4.78 is 5.40. The number of piperidine rings is 1. The number of likely N-dealkylation sites (N-methyl/N-ethyl adjacent to an activating group) is 1. The highest BCUT2D eigenvalue weighted by Gasteiger charge is 2.27. The minimum absolute atomic E-state index is 0.0422. The van der Waals surface area contributed by atoms with Crippen LogP contribution in [0.15, 0.2) is 42.9 Å². The van der Waals surface area contributed by atoms with Gasteiger partial charge in [0.05, 0.1) is 19.3 Å². The molecule has 0 spiro atoms. The number of benzene rings is 1. The van der Waals surface area contributed by atoms with E-state index in [4.69, 9.17) is 4.74 Å². The molecule has 3 rings (SSSR count). The SMILES string of the molecule is CCN(CC)C(CNC(=O)C1CCN(c2cnccn2)CC1)c1cccc(OC)c1. The number of nitrogens with zero attached hydrogens (tertiary/aromatic N) is 4.